The third-order valence-electron chi connectivity index (χ3n) is 6.15. The molecule has 2 atom stereocenters. The van der Waals surface area contributed by atoms with Gasteiger partial charge < -0.3 is 10.0 Å². The number of carboxylic acids is 1. The van der Waals surface area contributed by atoms with Crippen molar-refractivity contribution in [2.45, 2.75) is 40.0 Å². The van der Waals surface area contributed by atoms with E-state index in [0.29, 0.717) is 19.4 Å². The summed E-state index contributed by atoms with van der Waals surface area (Å²) in [6.07, 6.45) is 2.08. The summed E-state index contributed by atoms with van der Waals surface area (Å²) < 4.78 is 0. The lowest BCUT2D eigenvalue weighted by molar-refractivity contribution is -0.155. The zero-order valence-corrected chi connectivity index (χ0v) is 13.4. The number of nitrogens with zero attached hydrogens (tertiary/aromatic N) is 1. The minimum Gasteiger partial charge on any atom is -0.481 e. The fraction of sp³-hybridized carbons (Fsp3) is 0.556. The number of hydrogen-bond donors (Lipinski definition) is 1. The van der Waals surface area contributed by atoms with Crippen LogP contribution in [0.3, 0.4) is 0 Å². The van der Waals surface area contributed by atoms with Crippen LogP contribution in [-0.2, 0) is 16.0 Å². The van der Waals surface area contributed by atoms with Gasteiger partial charge in [0.15, 0.2) is 0 Å². The molecule has 3 rings (SSSR count). The molecule has 22 heavy (non-hydrogen) atoms. The molecule has 118 valence electrons. The SMILES string of the molecule is CC1(C)[C@@H](C(=O)N2CCc3ccccc32)CC[C@@]1(C)C(=O)O. The van der Waals surface area contributed by atoms with Gasteiger partial charge in [-0.1, -0.05) is 32.0 Å². The highest BCUT2D eigenvalue weighted by molar-refractivity contribution is 5.98. The van der Waals surface area contributed by atoms with Crippen molar-refractivity contribution < 1.29 is 14.7 Å². The maximum atomic E-state index is 13.1. The van der Waals surface area contributed by atoms with Crippen LogP contribution in [0.25, 0.3) is 0 Å². The summed E-state index contributed by atoms with van der Waals surface area (Å²) in [4.78, 5) is 26.6. The lowest BCUT2D eigenvalue weighted by Crippen LogP contribution is -2.46. The average Bonchev–Trinajstić information content (AvgIpc) is 2.99. The molecule has 1 aliphatic carbocycles. The van der Waals surface area contributed by atoms with Crippen LogP contribution in [0.2, 0.25) is 0 Å². The van der Waals surface area contributed by atoms with E-state index >= 15 is 0 Å². The number of carbonyl (C=O) groups excluding carboxylic acids is 1. The molecule has 0 unspecified atom stereocenters. The van der Waals surface area contributed by atoms with E-state index in [4.69, 9.17) is 0 Å². The first-order valence-corrected chi connectivity index (χ1v) is 7.92. The second kappa shape index (κ2) is 4.83. The standard InChI is InChI=1S/C18H23NO3/c1-17(2)13(8-10-18(17,3)16(21)22)15(20)19-11-9-12-6-4-5-7-14(12)19/h4-7,13H,8-11H2,1-3H3,(H,21,22)/t13-,18+/m1/s1. The summed E-state index contributed by atoms with van der Waals surface area (Å²) in [6, 6.07) is 7.99. The van der Waals surface area contributed by atoms with Gasteiger partial charge in [-0.15, -0.1) is 0 Å². The molecule has 4 heteroatoms. The second-order valence-corrected chi connectivity index (χ2v) is 7.32. The molecular formula is C18H23NO3. The molecule has 4 nitrogen and oxygen atoms in total. The Labute approximate surface area is 131 Å². The third-order valence-corrected chi connectivity index (χ3v) is 6.15. The first-order chi connectivity index (χ1) is 10.3. The number of benzene rings is 1. The van der Waals surface area contributed by atoms with Crippen molar-refractivity contribution in [2.75, 3.05) is 11.4 Å². The Hall–Kier alpha value is -1.84. The number of carbonyl (C=O) groups is 2. The van der Waals surface area contributed by atoms with E-state index in [-0.39, 0.29) is 11.8 Å². The molecule has 0 bridgehead atoms. The molecule has 1 aromatic rings. The predicted molar refractivity (Wildman–Crippen MR) is 84.7 cm³/mol. The van der Waals surface area contributed by atoms with Crippen LogP contribution >= 0.6 is 0 Å². The van der Waals surface area contributed by atoms with E-state index in [9.17, 15) is 14.7 Å². The van der Waals surface area contributed by atoms with Crippen molar-refractivity contribution in [2.24, 2.45) is 16.7 Å². The first kappa shape index (κ1) is 15.1. The van der Waals surface area contributed by atoms with Crippen LogP contribution in [0.5, 0.6) is 0 Å². The molecule has 1 N–H and O–H groups in total. The van der Waals surface area contributed by atoms with Crippen LogP contribution in [0.4, 0.5) is 5.69 Å². The minimum atomic E-state index is -0.841. The fourth-order valence-electron chi connectivity index (χ4n) is 4.07. The fourth-order valence-corrected chi connectivity index (χ4v) is 4.07. The van der Waals surface area contributed by atoms with Gasteiger partial charge in [0.2, 0.25) is 5.91 Å². The Balaban J connectivity index is 1.90. The smallest absolute Gasteiger partial charge is 0.309 e. The summed E-state index contributed by atoms with van der Waals surface area (Å²) in [7, 11) is 0. The third kappa shape index (κ3) is 1.89. The highest BCUT2D eigenvalue weighted by Gasteiger charge is 2.59. The lowest BCUT2D eigenvalue weighted by atomic mass is 9.65. The van der Waals surface area contributed by atoms with Crippen molar-refractivity contribution in [3.8, 4) is 0 Å². The molecule has 0 radical (unpaired) electrons. The zero-order valence-electron chi connectivity index (χ0n) is 13.4. The van der Waals surface area contributed by atoms with Crippen molar-refractivity contribution in [3.63, 3.8) is 0 Å². The Morgan fingerprint density at radius 2 is 1.91 bits per heavy atom. The van der Waals surface area contributed by atoms with E-state index in [0.717, 1.165) is 12.1 Å². The highest BCUT2D eigenvalue weighted by atomic mass is 16.4. The zero-order chi connectivity index (χ0) is 16.1. The van der Waals surface area contributed by atoms with Crippen LogP contribution in [0.1, 0.15) is 39.2 Å². The topological polar surface area (TPSA) is 57.6 Å². The molecule has 2 aliphatic rings. The molecule has 1 amide bonds. The van der Waals surface area contributed by atoms with Crippen LogP contribution < -0.4 is 4.90 Å². The average molecular weight is 301 g/mol. The Morgan fingerprint density at radius 3 is 2.55 bits per heavy atom. The Morgan fingerprint density at radius 1 is 1.23 bits per heavy atom. The molecular weight excluding hydrogens is 278 g/mol. The summed E-state index contributed by atoms with van der Waals surface area (Å²) in [6.45, 7) is 6.34. The largest absolute Gasteiger partial charge is 0.481 e. The van der Waals surface area contributed by atoms with Crippen molar-refractivity contribution >= 4 is 17.6 Å². The van der Waals surface area contributed by atoms with Gasteiger partial charge in [-0.25, -0.2) is 0 Å². The Bertz CT molecular complexity index is 637. The molecule has 0 aromatic heterocycles. The van der Waals surface area contributed by atoms with E-state index in [1.165, 1.54) is 5.56 Å². The number of amides is 1. The maximum absolute atomic E-state index is 13.1. The van der Waals surface area contributed by atoms with E-state index in [1.807, 2.05) is 36.9 Å². The number of carboxylic acid groups (broad SMARTS) is 1. The van der Waals surface area contributed by atoms with Gasteiger partial charge in [0.05, 0.1) is 5.41 Å². The van der Waals surface area contributed by atoms with Gasteiger partial charge >= 0.3 is 5.97 Å². The highest BCUT2D eigenvalue weighted by Crippen LogP contribution is 2.56. The second-order valence-electron chi connectivity index (χ2n) is 7.32. The quantitative estimate of drug-likeness (QED) is 0.913. The van der Waals surface area contributed by atoms with Crippen molar-refractivity contribution in [3.05, 3.63) is 29.8 Å². The number of anilines is 1. The normalized spacial score (nSPS) is 29.4. The first-order valence-electron chi connectivity index (χ1n) is 7.92. The van der Waals surface area contributed by atoms with E-state index in [1.54, 1.807) is 6.92 Å². The molecule has 1 aromatic carbocycles. The number of aliphatic carboxylic acids is 1. The number of rotatable bonds is 2. The molecule has 0 saturated heterocycles. The van der Waals surface area contributed by atoms with Crippen LogP contribution in [-0.4, -0.2) is 23.5 Å². The van der Waals surface area contributed by atoms with Gasteiger partial charge in [0.1, 0.15) is 0 Å². The minimum absolute atomic E-state index is 0.0833. The summed E-state index contributed by atoms with van der Waals surface area (Å²) in [5.74, 6) is -0.950. The van der Waals surface area contributed by atoms with E-state index < -0.39 is 16.8 Å². The predicted octanol–water partition coefficient (Wildman–Crippen LogP) is 3.10. The van der Waals surface area contributed by atoms with Gasteiger partial charge in [-0.3, -0.25) is 9.59 Å². The number of fused-ring (bicyclic) bond motifs is 1. The Kier molecular flexibility index (Phi) is 3.31. The lowest BCUT2D eigenvalue weighted by Gasteiger charge is -2.39. The van der Waals surface area contributed by atoms with E-state index in [2.05, 4.69) is 6.07 Å². The van der Waals surface area contributed by atoms with Gasteiger partial charge in [-0.2, -0.15) is 0 Å². The summed E-state index contributed by atoms with van der Waals surface area (Å²) >= 11 is 0. The molecule has 1 saturated carbocycles. The van der Waals surface area contributed by atoms with Crippen molar-refractivity contribution in [1.82, 2.24) is 0 Å². The summed E-state index contributed by atoms with van der Waals surface area (Å²) in [5, 5.41) is 9.61. The number of para-hydroxylation sites is 1. The van der Waals surface area contributed by atoms with Gasteiger partial charge in [0.25, 0.3) is 0 Å². The number of hydrogen-bond acceptors (Lipinski definition) is 2. The summed E-state index contributed by atoms with van der Waals surface area (Å²) in [5.41, 5.74) is 0.805. The van der Waals surface area contributed by atoms with Crippen LogP contribution in [0, 0.1) is 16.7 Å². The maximum Gasteiger partial charge on any atom is 0.309 e. The molecule has 1 fully saturated rings. The molecule has 0 spiro atoms. The molecule has 1 heterocycles. The van der Waals surface area contributed by atoms with Gasteiger partial charge in [-0.05, 0) is 43.2 Å². The monoisotopic (exact) mass is 301 g/mol. The molecule has 1 aliphatic heterocycles. The van der Waals surface area contributed by atoms with Crippen LogP contribution in [0.15, 0.2) is 24.3 Å². The van der Waals surface area contributed by atoms with Gasteiger partial charge in [0, 0.05) is 18.2 Å². The van der Waals surface area contributed by atoms with Crippen molar-refractivity contribution in [1.29, 1.82) is 0 Å².